The first kappa shape index (κ1) is 14.2. The average Bonchev–Trinajstić information content (AvgIpc) is 2.78. The molecule has 1 aliphatic rings. The number of nitrogens with one attached hydrogen (secondary N) is 1. The lowest BCUT2D eigenvalue weighted by Gasteiger charge is -2.27. The number of primary amides is 1. The summed E-state index contributed by atoms with van der Waals surface area (Å²) in [7, 11) is 0. The van der Waals surface area contributed by atoms with Crippen LogP contribution in [0.2, 0.25) is 0 Å². The number of hydrogen-bond acceptors (Lipinski definition) is 4. The van der Waals surface area contributed by atoms with Gasteiger partial charge in [-0.1, -0.05) is 12.8 Å². The maximum absolute atomic E-state index is 11.7. The Kier molecular flexibility index (Phi) is 5.37. The predicted molar refractivity (Wildman–Crippen MR) is 60.3 cm³/mol. The molecule has 0 atom stereocenters. The number of nitrogens with two attached hydrogens (primary N) is 1. The molecule has 0 aromatic rings. The lowest BCUT2D eigenvalue weighted by molar-refractivity contribution is -0.144. The minimum atomic E-state index is -1.20. The molecule has 0 saturated heterocycles. The molecule has 0 aromatic heterocycles. The zero-order valence-corrected chi connectivity index (χ0v) is 9.92. The molecule has 1 saturated carbocycles. The van der Waals surface area contributed by atoms with E-state index in [-0.39, 0.29) is 12.6 Å². The summed E-state index contributed by atoms with van der Waals surface area (Å²) in [5, 5.41) is 8.36. The summed E-state index contributed by atoms with van der Waals surface area (Å²) in [5.41, 5.74) is 7.07. The summed E-state index contributed by atoms with van der Waals surface area (Å²) in [6.07, 6.45) is 3.59. The highest BCUT2D eigenvalue weighted by Gasteiger charge is 2.28. The molecule has 0 aliphatic heterocycles. The van der Waals surface area contributed by atoms with Crippen molar-refractivity contribution in [3.05, 3.63) is 0 Å². The van der Waals surface area contributed by atoms with Crippen molar-refractivity contribution in [2.24, 2.45) is 5.73 Å². The van der Waals surface area contributed by atoms with Gasteiger partial charge < -0.3 is 15.7 Å². The van der Waals surface area contributed by atoms with E-state index in [1.165, 1.54) is 4.90 Å². The van der Waals surface area contributed by atoms with Gasteiger partial charge in [-0.25, -0.2) is 15.1 Å². The van der Waals surface area contributed by atoms with Crippen molar-refractivity contribution >= 4 is 17.9 Å². The van der Waals surface area contributed by atoms with Crippen LogP contribution in [0.5, 0.6) is 0 Å². The van der Waals surface area contributed by atoms with E-state index >= 15 is 0 Å². The molecule has 4 N–H and O–H groups in total. The molecule has 0 unspecified atom stereocenters. The summed E-state index contributed by atoms with van der Waals surface area (Å²) in [4.78, 5) is 38.7. The lowest BCUT2D eigenvalue weighted by atomic mass is 10.2. The molecule has 8 heteroatoms. The Bertz CT molecular complexity index is 327. The Morgan fingerprint density at radius 1 is 1.33 bits per heavy atom. The Balaban J connectivity index is 2.49. The summed E-state index contributed by atoms with van der Waals surface area (Å²) in [6, 6.07) is -0.687. The second-order valence-electron chi connectivity index (χ2n) is 4.12. The van der Waals surface area contributed by atoms with Crippen LogP contribution < -0.4 is 11.2 Å². The van der Waals surface area contributed by atoms with E-state index in [0.717, 1.165) is 25.7 Å². The summed E-state index contributed by atoms with van der Waals surface area (Å²) < 4.78 is 0. The predicted octanol–water partition coefficient (Wildman–Crippen LogP) is -0.558. The number of carboxylic acids is 1. The third-order valence-corrected chi connectivity index (χ3v) is 2.71. The van der Waals surface area contributed by atoms with E-state index < -0.39 is 24.5 Å². The number of carboxylic acid groups (broad SMARTS) is 1. The standard InChI is InChI=1S/C10H17N3O5/c11-8(14)5-13(7-3-1-2-4-7)10(17)12-18-6-9(15)16/h7H,1-6H2,(H2,11,14)(H,12,17)(H,15,16). The van der Waals surface area contributed by atoms with Gasteiger partial charge in [-0.15, -0.1) is 0 Å². The molecule has 1 fully saturated rings. The van der Waals surface area contributed by atoms with Crippen LogP contribution in [0.4, 0.5) is 4.79 Å². The number of carbonyl (C=O) groups excluding carboxylic acids is 2. The third kappa shape index (κ3) is 4.58. The van der Waals surface area contributed by atoms with E-state index in [0.29, 0.717) is 0 Å². The van der Waals surface area contributed by atoms with Crippen molar-refractivity contribution in [2.45, 2.75) is 31.7 Å². The van der Waals surface area contributed by atoms with Gasteiger partial charge in [0.2, 0.25) is 5.91 Å². The van der Waals surface area contributed by atoms with E-state index in [1.54, 1.807) is 0 Å². The zero-order valence-electron chi connectivity index (χ0n) is 9.92. The fourth-order valence-corrected chi connectivity index (χ4v) is 1.97. The third-order valence-electron chi connectivity index (χ3n) is 2.71. The van der Waals surface area contributed by atoms with Crippen LogP contribution in [0.15, 0.2) is 0 Å². The highest BCUT2D eigenvalue weighted by atomic mass is 16.7. The van der Waals surface area contributed by atoms with E-state index in [4.69, 9.17) is 10.8 Å². The van der Waals surface area contributed by atoms with Crippen molar-refractivity contribution in [3.63, 3.8) is 0 Å². The van der Waals surface area contributed by atoms with Crippen LogP contribution in [0.3, 0.4) is 0 Å². The smallest absolute Gasteiger partial charge is 0.342 e. The van der Waals surface area contributed by atoms with Gasteiger partial charge in [0, 0.05) is 6.04 Å². The Morgan fingerprint density at radius 3 is 2.44 bits per heavy atom. The average molecular weight is 259 g/mol. The monoisotopic (exact) mass is 259 g/mol. The molecule has 3 amide bonds. The van der Waals surface area contributed by atoms with Crippen molar-refractivity contribution in [2.75, 3.05) is 13.2 Å². The largest absolute Gasteiger partial charge is 0.479 e. The molecule has 1 aliphatic carbocycles. The molecule has 0 bridgehead atoms. The molecule has 0 heterocycles. The Labute approximate surface area is 104 Å². The van der Waals surface area contributed by atoms with Crippen LogP contribution >= 0.6 is 0 Å². The summed E-state index contributed by atoms with van der Waals surface area (Å²) in [5.74, 6) is -1.81. The van der Waals surface area contributed by atoms with Crippen LogP contribution in [-0.2, 0) is 14.4 Å². The highest BCUT2D eigenvalue weighted by Crippen LogP contribution is 2.23. The first-order chi connectivity index (χ1) is 8.50. The number of carbonyl (C=O) groups is 3. The second-order valence-corrected chi connectivity index (χ2v) is 4.12. The van der Waals surface area contributed by atoms with Crippen molar-refractivity contribution < 1.29 is 24.3 Å². The van der Waals surface area contributed by atoms with Gasteiger partial charge in [-0.05, 0) is 12.8 Å². The molecule has 1 rings (SSSR count). The number of urea groups is 1. The molecule has 0 spiro atoms. The second kappa shape index (κ2) is 6.80. The number of hydrogen-bond donors (Lipinski definition) is 3. The van der Waals surface area contributed by atoms with E-state index in [2.05, 4.69) is 4.84 Å². The number of aliphatic carboxylic acids is 1. The van der Waals surface area contributed by atoms with Gasteiger partial charge >= 0.3 is 12.0 Å². The molecular formula is C10H17N3O5. The highest BCUT2D eigenvalue weighted by molar-refractivity contribution is 5.82. The van der Waals surface area contributed by atoms with Crippen LogP contribution in [0.1, 0.15) is 25.7 Å². The number of nitrogens with zero attached hydrogens (tertiary/aromatic N) is 1. The quantitative estimate of drug-likeness (QED) is 0.552. The summed E-state index contributed by atoms with van der Waals surface area (Å²) >= 11 is 0. The summed E-state index contributed by atoms with van der Waals surface area (Å²) in [6.45, 7) is -0.840. The van der Waals surface area contributed by atoms with E-state index in [9.17, 15) is 14.4 Å². The van der Waals surface area contributed by atoms with Gasteiger partial charge in [-0.3, -0.25) is 9.63 Å². The first-order valence-electron chi connectivity index (χ1n) is 5.69. The van der Waals surface area contributed by atoms with Gasteiger partial charge in [0.1, 0.15) is 6.54 Å². The maximum Gasteiger partial charge on any atom is 0.342 e. The molecule has 0 aromatic carbocycles. The molecule has 8 nitrogen and oxygen atoms in total. The Morgan fingerprint density at radius 2 is 1.94 bits per heavy atom. The fourth-order valence-electron chi connectivity index (χ4n) is 1.97. The first-order valence-corrected chi connectivity index (χ1v) is 5.69. The van der Waals surface area contributed by atoms with Crippen molar-refractivity contribution in [3.8, 4) is 0 Å². The number of hydroxylamine groups is 1. The van der Waals surface area contributed by atoms with Crippen LogP contribution in [-0.4, -0.2) is 47.1 Å². The van der Waals surface area contributed by atoms with Gasteiger partial charge in [0.15, 0.2) is 6.61 Å². The van der Waals surface area contributed by atoms with Crippen molar-refractivity contribution in [1.82, 2.24) is 10.4 Å². The van der Waals surface area contributed by atoms with Crippen LogP contribution in [0, 0.1) is 0 Å². The Hall–Kier alpha value is -1.83. The van der Waals surface area contributed by atoms with Crippen molar-refractivity contribution in [1.29, 1.82) is 0 Å². The SMILES string of the molecule is NC(=O)CN(C(=O)NOCC(=O)O)C1CCCC1. The maximum atomic E-state index is 11.7. The minimum absolute atomic E-state index is 0.0501. The fraction of sp³-hybridized carbons (Fsp3) is 0.700. The molecule has 0 radical (unpaired) electrons. The molecule has 18 heavy (non-hydrogen) atoms. The van der Waals surface area contributed by atoms with Crippen LogP contribution in [0.25, 0.3) is 0 Å². The molecule has 102 valence electrons. The van der Waals surface area contributed by atoms with Gasteiger partial charge in [-0.2, -0.15) is 0 Å². The minimum Gasteiger partial charge on any atom is -0.479 e. The zero-order chi connectivity index (χ0) is 13.5. The van der Waals surface area contributed by atoms with Gasteiger partial charge in [0.25, 0.3) is 0 Å². The topological polar surface area (TPSA) is 122 Å². The number of amides is 3. The van der Waals surface area contributed by atoms with Gasteiger partial charge in [0.05, 0.1) is 0 Å². The lowest BCUT2D eigenvalue weighted by Crippen LogP contribution is -2.49. The van der Waals surface area contributed by atoms with E-state index in [1.807, 2.05) is 5.48 Å². The normalized spacial score (nSPS) is 15.3. The molecular weight excluding hydrogens is 242 g/mol. The number of rotatable bonds is 6.